The Labute approximate surface area is 118 Å². The van der Waals surface area contributed by atoms with Crippen LogP contribution in [-0.2, 0) is 0 Å². The van der Waals surface area contributed by atoms with Crippen LogP contribution in [0.25, 0.3) is 0 Å². The summed E-state index contributed by atoms with van der Waals surface area (Å²) in [6.07, 6.45) is 1.18. The lowest BCUT2D eigenvalue weighted by Gasteiger charge is -2.04. The molecule has 4 heteroatoms. The van der Waals surface area contributed by atoms with Crippen molar-refractivity contribution in [2.45, 2.75) is 27.2 Å². The molecule has 1 unspecified atom stereocenters. The maximum Gasteiger partial charge on any atom is 0.261 e. The predicted octanol–water partition coefficient (Wildman–Crippen LogP) is 2.18. The van der Waals surface area contributed by atoms with Gasteiger partial charge in [-0.3, -0.25) is 4.79 Å². The Morgan fingerprint density at radius 2 is 2.32 bits per heavy atom. The fraction of sp³-hybridized carbons (Fsp3) is 0.533. The minimum Gasteiger partial charge on any atom is -0.384 e. The lowest BCUT2D eigenvalue weighted by Crippen LogP contribution is -2.25. The Balaban J connectivity index is 1.96. The highest BCUT2D eigenvalue weighted by molar-refractivity contribution is 7.14. The summed E-state index contributed by atoms with van der Waals surface area (Å²) >= 11 is 1.38. The van der Waals surface area contributed by atoms with Gasteiger partial charge in [0.15, 0.2) is 0 Å². The standard InChI is InChI=1S/C15H19NO2S/c1-10-7-13(19-12(10)5-4-6-17)14(18)16-9-11-8-15(11,2)3/h7,11,17H,6,8-9H2,1-3H3,(H,16,18). The molecule has 1 saturated carbocycles. The summed E-state index contributed by atoms with van der Waals surface area (Å²) in [5.74, 6) is 6.06. The lowest BCUT2D eigenvalue weighted by molar-refractivity contribution is 0.0954. The molecule has 1 aromatic rings. The minimum atomic E-state index is -0.157. The van der Waals surface area contributed by atoms with E-state index in [4.69, 9.17) is 5.11 Å². The van der Waals surface area contributed by atoms with E-state index in [1.807, 2.05) is 13.0 Å². The number of aliphatic hydroxyl groups excluding tert-OH is 1. The van der Waals surface area contributed by atoms with Crippen LogP contribution in [0.15, 0.2) is 6.07 Å². The number of hydrogen-bond acceptors (Lipinski definition) is 3. The van der Waals surface area contributed by atoms with E-state index >= 15 is 0 Å². The van der Waals surface area contributed by atoms with E-state index in [-0.39, 0.29) is 12.5 Å². The summed E-state index contributed by atoms with van der Waals surface area (Å²) in [5.41, 5.74) is 1.37. The number of nitrogens with one attached hydrogen (secondary N) is 1. The molecule has 3 nitrogen and oxygen atoms in total. The molecule has 1 atom stereocenters. The van der Waals surface area contributed by atoms with Gasteiger partial charge in [0, 0.05) is 6.54 Å². The SMILES string of the molecule is Cc1cc(C(=O)NCC2CC2(C)C)sc1C#CCO. The van der Waals surface area contributed by atoms with Gasteiger partial charge in [0.05, 0.1) is 9.75 Å². The van der Waals surface area contributed by atoms with Gasteiger partial charge < -0.3 is 10.4 Å². The van der Waals surface area contributed by atoms with Crippen LogP contribution in [-0.4, -0.2) is 24.2 Å². The van der Waals surface area contributed by atoms with Crippen LogP contribution in [0.4, 0.5) is 0 Å². The van der Waals surface area contributed by atoms with Crippen molar-refractivity contribution in [3.8, 4) is 11.8 Å². The van der Waals surface area contributed by atoms with Crippen molar-refractivity contribution in [3.05, 3.63) is 21.4 Å². The number of aliphatic hydroxyl groups is 1. The Kier molecular flexibility index (Phi) is 3.98. The second-order valence-electron chi connectivity index (χ2n) is 5.68. The summed E-state index contributed by atoms with van der Waals surface area (Å²) in [6, 6.07) is 1.86. The van der Waals surface area contributed by atoms with Gasteiger partial charge in [-0.25, -0.2) is 0 Å². The van der Waals surface area contributed by atoms with Crippen LogP contribution in [0.1, 0.15) is 40.4 Å². The highest BCUT2D eigenvalue weighted by Gasteiger charge is 2.45. The molecule has 0 bridgehead atoms. The van der Waals surface area contributed by atoms with E-state index in [0.29, 0.717) is 16.2 Å². The lowest BCUT2D eigenvalue weighted by atomic mass is 10.1. The van der Waals surface area contributed by atoms with Crippen molar-refractivity contribution >= 4 is 17.2 Å². The molecule has 1 heterocycles. The van der Waals surface area contributed by atoms with Gasteiger partial charge in [-0.2, -0.15) is 0 Å². The van der Waals surface area contributed by atoms with Crippen molar-refractivity contribution in [1.82, 2.24) is 5.32 Å². The second kappa shape index (κ2) is 5.36. The third-order valence-corrected chi connectivity index (χ3v) is 4.80. The molecule has 1 fully saturated rings. The molecule has 2 rings (SSSR count). The molecule has 0 spiro atoms. The van der Waals surface area contributed by atoms with Crippen molar-refractivity contribution in [3.63, 3.8) is 0 Å². The van der Waals surface area contributed by atoms with Gasteiger partial charge in [-0.1, -0.05) is 25.7 Å². The monoisotopic (exact) mass is 277 g/mol. The number of amides is 1. The quantitative estimate of drug-likeness (QED) is 0.832. The van der Waals surface area contributed by atoms with Crippen LogP contribution in [0.2, 0.25) is 0 Å². The normalized spacial score (nSPS) is 19.5. The molecule has 1 aliphatic carbocycles. The highest BCUT2D eigenvalue weighted by atomic mass is 32.1. The number of rotatable bonds is 3. The van der Waals surface area contributed by atoms with Crippen LogP contribution >= 0.6 is 11.3 Å². The van der Waals surface area contributed by atoms with Gasteiger partial charge in [0.2, 0.25) is 0 Å². The first kappa shape index (κ1) is 14.1. The van der Waals surface area contributed by atoms with E-state index in [9.17, 15) is 4.79 Å². The van der Waals surface area contributed by atoms with Crippen LogP contribution in [0.5, 0.6) is 0 Å². The summed E-state index contributed by atoms with van der Waals surface area (Å²) in [6.45, 7) is 6.97. The van der Waals surface area contributed by atoms with Gasteiger partial charge >= 0.3 is 0 Å². The molecular weight excluding hydrogens is 258 g/mol. The summed E-state index contributed by atoms with van der Waals surface area (Å²) < 4.78 is 0. The molecule has 1 aliphatic rings. The zero-order valence-corrected chi connectivity index (χ0v) is 12.4. The van der Waals surface area contributed by atoms with Gasteiger partial charge in [-0.15, -0.1) is 11.3 Å². The first-order valence-corrected chi connectivity index (χ1v) is 7.24. The van der Waals surface area contributed by atoms with Crippen molar-refractivity contribution in [2.75, 3.05) is 13.2 Å². The zero-order valence-electron chi connectivity index (χ0n) is 11.5. The Morgan fingerprint density at radius 3 is 2.89 bits per heavy atom. The topological polar surface area (TPSA) is 49.3 Å². The Hall–Kier alpha value is -1.31. The number of carbonyl (C=O) groups is 1. The molecule has 0 saturated heterocycles. The molecule has 0 aromatic carbocycles. The van der Waals surface area contributed by atoms with Crippen LogP contribution in [0.3, 0.4) is 0 Å². The first-order chi connectivity index (χ1) is 8.94. The number of carbonyl (C=O) groups excluding carboxylic acids is 1. The summed E-state index contributed by atoms with van der Waals surface area (Å²) in [7, 11) is 0. The third kappa shape index (κ3) is 3.37. The predicted molar refractivity (Wildman–Crippen MR) is 77.2 cm³/mol. The van der Waals surface area contributed by atoms with Gasteiger partial charge in [-0.05, 0) is 36.3 Å². The number of thiophene rings is 1. The summed E-state index contributed by atoms with van der Waals surface area (Å²) in [4.78, 5) is 13.6. The average molecular weight is 277 g/mol. The van der Waals surface area contributed by atoms with Gasteiger partial charge in [0.25, 0.3) is 5.91 Å². The Bertz CT molecular complexity index is 548. The fourth-order valence-electron chi connectivity index (χ4n) is 2.07. The molecule has 0 radical (unpaired) electrons. The van der Waals surface area contributed by atoms with E-state index in [2.05, 4.69) is 31.0 Å². The molecule has 2 N–H and O–H groups in total. The molecule has 1 amide bonds. The van der Waals surface area contributed by atoms with Crippen molar-refractivity contribution in [1.29, 1.82) is 0 Å². The maximum atomic E-state index is 12.0. The zero-order chi connectivity index (χ0) is 14.0. The molecule has 0 aliphatic heterocycles. The van der Waals surface area contributed by atoms with Crippen molar-refractivity contribution in [2.24, 2.45) is 11.3 Å². The first-order valence-electron chi connectivity index (χ1n) is 6.42. The fourth-order valence-corrected chi connectivity index (χ4v) is 3.03. The van der Waals surface area contributed by atoms with E-state index < -0.39 is 0 Å². The van der Waals surface area contributed by atoms with E-state index in [1.165, 1.54) is 17.8 Å². The smallest absolute Gasteiger partial charge is 0.261 e. The molecule has 102 valence electrons. The van der Waals surface area contributed by atoms with Crippen LogP contribution in [0, 0.1) is 30.1 Å². The molecule has 19 heavy (non-hydrogen) atoms. The number of hydrogen-bond donors (Lipinski definition) is 2. The Morgan fingerprint density at radius 1 is 1.63 bits per heavy atom. The highest BCUT2D eigenvalue weighted by Crippen LogP contribution is 2.51. The largest absolute Gasteiger partial charge is 0.384 e. The second-order valence-corrected chi connectivity index (χ2v) is 6.73. The third-order valence-electron chi connectivity index (χ3n) is 3.65. The maximum absolute atomic E-state index is 12.0. The molecule has 1 aromatic heterocycles. The van der Waals surface area contributed by atoms with Gasteiger partial charge in [0.1, 0.15) is 6.61 Å². The molecular formula is C15H19NO2S. The van der Waals surface area contributed by atoms with E-state index in [1.54, 1.807) is 0 Å². The average Bonchev–Trinajstić information content (AvgIpc) is 2.79. The minimum absolute atomic E-state index is 0.0205. The van der Waals surface area contributed by atoms with Crippen molar-refractivity contribution < 1.29 is 9.90 Å². The number of aryl methyl sites for hydroxylation is 1. The van der Waals surface area contributed by atoms with E-state index in [0.717, 1.165) is 17.0 Å². The van der Waals surface area contributed by atoms with Crippen LogP contribution < -0.4 is 5.32 Å². The summed E-state index contributed by atoms with van der Waals surface area (Å²) in [5, 5.41) is 11.7.